The summed E-state index contributed by atoms with van der Waals surface area (Å²) in [6.45, 7) is 0. The second kappa shape index (κ2) is 6.80. The first-order chi connectivity index (χ1) is 11.4. The van der Waals surface area contributed by atoms with Gasteiger partial charge in [0.05, 0.1) is 16.3 Å². The Labute approximate surface area is 149 Å². The number of carbonyl (C=O) groups is 1. The van der Waals surface area contributed by atoms with E-state index in [0.29, 0.717) is 16.4 Å². The molecule has 4 nitrogen and oxygen atoms in total. The zero-order valence-corrected chi connectivity index (χ0v) is 14.0. The van der Waals surface area contributed by atoms with Gasteiger partial charge >= 0.3 is 0 Å². The quantitative estimate of drug-likeness (QED) is 0.642. The van der Waals surface area contributed by atoms with Gasteiger partial charge in [-0.1, -0.05) is 23.2 Å². The molecule has 24 heavy (non-hydrogen) atoms. The van der Waals surface area contributed by atoms with Crippen LogP contribution in [0.2, 0.25) is 10.2 Å². The molecular formula is C15H7Cl2F2N3OS. The Hall–Kier alpha value is -2.09. The van der Waals surface area contributed by atoms with Gasteiger partial charge in [-0.2, -0.15) is 0 Å². The van der Waals surface area contributed by atoms with Crippen LogP contribution in [0.3, 0.4) is 0 Å². The van der Waals surface area contributed by atoms with Crippen molar-refractivity contribution in [2.75, 3.05) is 5.32 Å². The minimum absolute atomic E-state index is 0.100. The lowest BCUT2D eigenvalue weighted by molar-refractivity contribution is 0.102. The molecule has 1 N–H and O–H groups in total. The molecule has 0 bridgehead atoms. The minimum atomic E-state index is -0.965. The van der Waals surface area contributed by atoms with Crippen molar-refractivity contribution in [2.45, 2.75) is 0 Å². The van der Waals surface area contributed by atoms with Gasteiger partial charge in [0, 0.05) is 17.1 Å². The molecule has 122 valence electrons. The highest BCUT2D eigenvalue weighted by atomic mass is 35.5. The van der Waals surface area contributed by atoms with Crippen LogP contribution in [0.1, 0.15) is 10.4 Å². The monoisotopic (exact) mass is 385 g/mol. The number of halogens is 4. The first-order valence-corrected chi connectivity index (χ1v) is 8.11. The molecular weight excluding hydrogens is 379 g/mol. The number of hydrogen-bond acceptors (Lipinski definition) is 4. The topological polar surface area (TPSA) is 54.9 Å². The third kappa shape index (κ3) is 3.53. The Morgan fingerprint density at radius 2 is 1.96 bits per heavy atom. The third-order valence-electron chi connectivity index (χ3n) is 3.00. The van der Waals surface area contributed by atoms with Gasteiger partial charge in [0.2, 0.25) is 0 Å². The summed E-state index contributed by atoms with van der Waals surface area (Å²) in [6, 6.07) is 4.85. The van der Waals surface area contributed by atoms with E-state index >= 15 is 0 Å². The molecule has 3 rings (SSSR count). The van der Waals surface area contributed by atoms with Crippen molar-refractivity contribution in [1.82, 2.24) is 9.97 Å². The highest BCUT2D eigenvalue weighted by Gasteiger charge is 2.13. The molecule has 0 atom stereocenters. The number of carbonyl (C=O) groups excluding carboxylic acids is 1. The van der Waals surface area contributed by atoms with E-state index in [-0.39, 0.29) is 15.7 Å². The number of aromatic nitrogens is 2. The molecule has 2 aromatic heterocycles. The predicted molar refractivity (Wildman–Crippen MR) is 89.7 cm³/mol. The number of rotatable bonds is 3. The summed E-state index contributed by atoms with van der Waals surface area (Å²) in [5, 5.41) is 4.76. The van der Waals surface area contributed by atoms with Gasteiger partial charge in [0.25, 0.3) is 5.91 Å². The van der Waals surface area contributed by atoms with Crippen molar-refractivity contribution in [2.24, 2.45) is 0 Å². The minimum Gasteiger partial charge on any atom is -0.298 e. The maximum Gasteiger partial charge on any atom is 0.259 e. The molecule has 9 heteroatoms. The number of benzene rings is 1. The summed E-state index contributed by atoms with van der Waals surface area (Å²) in [5.74, 6) is -2.37. The molecule has 0 aliphatic rings. The SMILES string of the molecule is O=C(Nc1nc(-c2ccc(F)c(F)c2)cs1)c1cnc(Cl)c(Cl)c1. The molecule has 0 fully saturated rings. The van der Waals surface area contributed by atoms with E-state index in [2.05, 4.69) is 15.3 Å². The summed E-state index contributed by atoms with van der Waals surface area (Å²) in [5.41, 5.74) is 1.04. The molecule has 1 aromatic carbocycles. The molecule has 3 aromatic rings. The molecule has 0 unspecified atom stereocenters. The number of hydrogen-bond donors (Lipinski definition) is 1. The van der Waals surface area contributed by atoms with Crippen LogP contribution >= 0.6 is 34.5 Å². The lowest BCUT2D eigenvalue weighted by Gasteiger charge is -2.02. The number of pyridine rings is 1. The maximum atomic E-state index is 13.3. The normalized spacial score (nSPS) is 10.7. The van der Waals surface area contributed by atoms with Gasteiger partial charge in [0.1, 0.15) is 5.15 Å². The van der Waals surface area contributed by atoms with E-state index in [1.807, 2.05) is 0 Å². The summed E-state index contributed by atoms with van der Waals surface area (Å²) in [4.78, 5) is 20.1. The lowest BCUT2D eigenvalue weighted by atomic mass is 10.2. The van der Waals surface area contributed by atoms with Crippen molar-refractivity contribution in [3.05, 3.63) is 63.2 Å². The van der Waals surface area contributed by atoms with Crippen LogP contribution in [0.15, 0.2) is 35.8 Å². The first kappa shape index (κ1) is 16.8. The largest absolute Gasteiger partial charge is 0.298 e. The first-order valence-electron chi connectivity index (χ1n) is 6.47. The number of thiazole rings is 1. The number of anilines is 1. The smallest absolute Gasteiger partial charge is 0.259 e. The van der Waals surface area contributed by atoms with E-state index in [1.54, 1.807) is 5.38 Å². The Balaban J connectivity index is 1.79. The standard InChI is InChI=1S/C15H7Cl2F2N3OS/c16-9-3-8(5-20-13(9)17)14(23)22-15-21-12(6-24-15)7-1-2-10(18)11(19)4-7/h1-6H,(H,21,22,23). The van der Waals surface area contributed by atoms with E-state index < -0.39 is 17.5 Å². The molecule has 0 radical (unpaired) electrons. The van der Waals surface area contributed by atoms with E-state index in [1.165, 1.54) is 18.3 Å². The van der Waals surface area contributed by atoms with Gasteiger partial charge in [-0.3, -0.25) is 10.1 Å². The van der Waals surface area contributed by atoms with Crippen LogP contribution in [-0.4, -0.2) is 15.9 Å². The Morgan fingerprint density at radius 1 is 1.17 bits per heavy atom. The van der Waals surface area contributed by atoms with E-state index in [4.69, 9.17) is 23.2 Å². The van der Waals surface area contributed by atoms with Crippen LogP contribution in [0.5, 0.6) is 0 Å². The Morgan fingerprint density at radius 3 is 2.67 bits per heavy atom. The lowest BCUT2D eigenvalue weighted by Crippen LogP contribution is -2.12. The molecule has 0 saturated heterocycles. The molecule has 0 aliphatic heterocycles. The second-order valence-corrected chi connectivity index (χ2v) is 6.24. The third-order valence-corrected chi connectivity index (χ3v) is 4.44. The zero-order valence-electron chi connectivity index (χ0n) is 11.7. The van der Waals surface area contributed by atoms with Crippen molar-refractivity contribution >= 4 is 45.6 Å². The highest BCUT2D eigenvalue weighted by Crippen LogP contribution is 2.27. The van der Waals surface area contributed by atoms with Crippen molar-refractivity contribution in [1.29, 1.82) is 0 Å². The van der Waals surface area contributed by atoms with Crippen LogP contribution in [-0.2, 0) is 0 Å². The Bertz CT molecular complexity index is 933. The van der Waals surface area contributed by atoms with Crippen LogP contribution < -0.4 is 5.32 Å². The highest BCUT2D eigenvalue weighted by molar-refractivity contribution is 7.14. The van der Waals surface area contributed by atoms with Crippen LogP contribution in [0.4, 0.5) is 13.9 Å². The van der Waals surface area contributed by atoms with Crippen LogP contribution in [0, 0.1) is 11.6 Å². The number of nitrogens with one attached hydrogen (secondary N) is 1. The van der Waals surface area contributed by atoms with Crippen LogP contribution in [0.25, 0.3) is 11.3 Å². The molecule has 0 aliphatic carbocycles. The fraction of sp³-hybridized carbons (Fsp3) is 0. The zero-order chi connectivity index (χ0) is 17.3. The maximum absolute atomic E-state index is 13.3. The van der Waals surface area contributed by atoms with Crippen molar-refractivity contribution in [3.8, 4) is 11.3 Å². The summed E-state index contributed by atoms with van der Waals surface area (Å²) >= 11 is 12.7. The Kier molecular flexibility index (Phi) is 4.75. The number of nitrogens with zero attached hydrogens (tertiary/aromatic N) is 2. The van der Waals surface area contributed by atoms with Crippen molar-refractivity contribution in [3.63, 3.8) is 0 Å². The molecule has 2 heterocycles. The van der Waals surface area contributed by atoms with Gasteiger partial charge in [-0.05, 0) is 24.3 Å². The molecule has 0 saturated carbocycles. The summed E-state index contributed by atoms with van der Waals surface area (Å²) in [7, 11) is 0. The van der Waals surface area contributed by atoms with Crippen molar-refractivity contribution < 1.29 is 13.6 Å². The average molecular weight is 386 g/mol. The number of amides is 1. The van der Waals surface area contributed by atoms with E-state index in [9.17, 15) is 13.6 Å². The average Bonchev–Trinajstić information content (AvgIpc) is 3.01. The summed E-state index contributed by atoms with van der Waals surface area (Å²) in [6.07, 6.45) is 1.29. The predicted octanol–water partition coefficient (Wildman–Crippen LogP) is 5.04. The van der Waals surface area contributed by atoms with Gasteiger partial charge in [-0.25, -0.2) is 18.7 Å². The molecule has 1 amide bonds. The van der Waals surface area contributed by atoms with E-state index in [0.717, 1.165) is 23.5 Å². The summed E-state index contributed by atoms with van der Waals surface area (Å²) < 4.78 is 26.2. The molecule has 0 spiro atoms. The fourth-order valence-corrected chi connectivity index (χ4v) is 2.82. The van der Waals surface area contributed by atoms with Gasteiger partial charge in [0.15, 0.2) is 16.8 Å². The fourth-order valence-electron chi connectivity index (χ4n) is 1.83. The van der Waals surface area contributed by atoms with Gasteiger partial charge in [-0.15, -0.1) is 11.3 Å². The second-order valence-electron chi connectivity index (χ2n) is 4.62. The van der Waals surface area contributed by atoms with Gasteiger partial charge < -0.3 is 0 Å².